The van der Waals surface area contributed by atoms with Crippen molar-refractivity contribution in [2.75, 3.05) is 13.1 Å². The predicted molar refractivity (Wildman–Crippen MR) is 76.3 cm³/mol. The molecule has 1 aromatic heterocycles. The Morgan fingerprint density at radius 2 is 2.35 bits per heavy atom. The van der Waals surface area contributed by atoms with Crippen LogP contribution in [0.3, 0.4) is 0 Å². The van der Waals surface area contributed by atoms with Gasteiger partial charge in [0.25, 0.3) is 0 Å². The fraction of sp³-hybridized carbons (Fsp3) is 0.692. The third kappa shape index (κ3) is 2.75. The van der Waals surface area contributed by atoms with Crippen molar-refractivity contribution in [1.29, 1.82) is 0 Å². The highest BCUT2D eigenvalue weighted by Crippen LogP contribution is 2.37. The van der Waals surface area contributed by atoms with Crippen LogP contribution in [0.4, 0.5) is 0 Å². The van der Waals surface area contributed by atoms with E-state index >= 15 is 0 Å². The van der Waals surface area contributed by atoms with Gasteiger partial charge >= 0.3 is 0 Å². The van der Waals surface area contributed by atoms with E-state index in [0.29, 0.717) is 6.04 Å². The molecular weight excluding hydrogens is 296 g/mol. The van der Waals surface area contributed by atoms with E-state index in [4.69, 9.17) is 0 Å². The van der Waals surface area contributed by atoms with Gasteiger partial charge < -0.3 is 10.6 Å². The van der Waals surface area contributed by atoms with Crippen LogP contribution < -0.4 is 10.6 Å². The van der Waals surface area contributed by atoms with Gasteiger partial charge in [-0.15, -0.1) is 11.3 Å². The fourth-order valence-corrected chi connectivity index (χ4v) is 4.78. The van der Waals surface area contributed by atoms with E-state index in [1.165, 1.54) is 34.5 Å². The van der Waals surface area contributed by atoms with Crippen LogP contribution in [0.25, 0.3) is 0 Å². The average molecular weight is 315 g/mol. The van der Waals surface area contributed by atoms with E-state index in [1.54, 1.807) is 0 Å². The van der Waals surface area contributed by atoms with Gasteiger partial charge in [-0.1, -0.05) is 6.42 Å². The van der Waals surface area contributed by atoms with Gasteiger partial charge in [-0.2, -0.15) is 0 Å². The third-order valence-electron chi connectivity index (χ3n) is 4.17. The molecule has 2 aliphatic rings. The van der Waals surface area contributed by atoms with Crippen molar-refractivity contribution in [2.24, 2.45) is 11.8 Å². The molecule has 4 heteroatoms. The summed E-state index contributed by atoms with van der Waals surface area (Å²) >= 11 is 5.33. The van der Waals surface area contributed by atoms with Gasteiger partial charge in [-0.25, -0.2) is 0 Å². The first kappa shape index (κ1) is 12.2. The van der Waals surface area contributed by atoms with E-state index in [1.807, 2.05) is 11.3 Å². The molecule has 0 bridgehead atoms. The molecule has 3 unspecified atom stereocenters. The second-order valence-electron chi connectivity index (χ2n) is 5.21. The van der Waals surface area contributed by atoms with Crippen LogP contribution in [-0.2, 0) is 6.54 Å². The molecule has 2 heterocycles. The van der Waals surface area contributed by atoms with Crippen LogP contribution in [0, 0.1) is 11.8 Å². The zero-order valence-electron chi connectivity index (χ0n) is 9.92. The van der Waals surface area contributed by atoms with Gasteiger partial charge in [-0.05, 0) is 59.3 Å². The molecule has 0 amide bonds. The smallest absolute Gasteiger partial charge is 0.0701 e. The van der Waals surface area contributed by atoms with Crippen molar-refractivity contribution in [3.8, 4) is 0 Å². The molecule has 3 rings (SSSR count). The Morgan fingerprint density at radius 3 is 3.18 bits per heavy atom. The molecular formula is C13H19BrN2S. The maximum atomic E-state index is 3.68. The summed E-state index contributed by atoms with van der Waals surface area (Å²) in [6, 6.07) is 5.04. The molecule has 0 spiro atoms. The quantitative estimate of drug-likeness (QED) is 0.892. The summed E-state index contributed by atoms with van der Waals surface area (Å²) in [5.41, 5.74) is 0. The number of hydrogen-bond acceptors (Lipinski definition) is 3. The van der Waals surface area contributed by atoms with Gasteiger partial charge in [0.1, 0.15) is 0 Å². The molecule has 0 aromatic carbocycles. The van der Waals surface area contributed by atoms with Crippen molar-refractivity contribution < 1.29 is 0 Å². The van der Waals surface area contributed by atoms with Crippen molar-refractivity contribution in [1.82, 2.24) is 10.6 Å². The Balaban J connectivity index is 1.45. The Bertz CT molecular complexity index is 379. The zero-order valence-corrected chi connectivity index (χ0v) is 12.3. The summed E-state index contributed by atoms with van der Waals surface area (Å²) in [5, 5.41) is 7.28. The zero-order chi connectivity index (χ0) is 11.7. The minimum absolute atomic E-state index is 0.714. The van der Waals surface area contributed by atoms with Crippen molar-refractivity contribution >= 4 is 27.3 Å². The van der Waals surface area contributed by atoms with E-state index < -0.39 is 0 Å². The molecule has 94 valence electrons. The Morgan fingerprint density at radius 1 is 1.41 bits per heavy atom. The van der Waals surface area contributed by atoms with Gasteiger partial charge in [0, 0.05) is 24.0 Å². The highest BCUT2D eigenvalue weighted by molar-refractivity contribution is 9.11. The van der Waals surface area contributed by atoms with Crippen LogP contribution in [0.1, 0.15) is 24.1 Å². The molecule has 3 atom stereocenters. The van der Waals surface area contributed by atoms with E-state index in [0.717, 1.165) is 24.9 Å². The first-order valence-corrected chi connectivity index (χ1v) is 8.12. The van der Waals surface area contributed by atoms with Crippen LogP contribution in [0.5, 0.6) is 0 Å². The van der Waals surface area contributed by atoms with Crippen molar-refractivity contribution in [3.63, 3.8) is 0 Å². The van der Waals surface area contributed by atoms with Gasteiger partial charge in [0.2, 0.25) is 0 Å². The Kier molecular flexibility index (Phi) is 3.85. The summed E-state index contributed by atoms with van der Waals surface area (Å²) in [4.78, 5) is 1.41. The van der Waals surface area contributed by atoms with Crippen molar-refractivity contribution in [3.05, 3.63) is 20.8 Å². The number of rotatable bonds is 4. The minimum atomic E-state index is 0.714. The normalized spacial score (nSPS) is 31.9. The van der Waals surface area contributed by atoms with E-state index in [9.17, 15) is 0 Å². The van der Waals surface area contributed by atoms with E-state index in [-0.39, 0.29) is 0 Å². The highest BCUT2D eigenvalue weighted by Gasteiger charge is 2.38. The number of fused-ring (bicyclic) bond motifs is 1. The molecule has 17 heavy (non-hydrogen) atoms. The number of thiophene rings is 1. The largest absolute Gasteiger partial charge is 0.312 e. The summed E-state index contributed by atoms with van der Waals surface area (Å²) in [6.07, 6.45) is 4.34. The molecule has 1 saturated heterocycles. The van der Waals surface area contributed by atoms with Crippen molar-refractivity contribution in [2.45, 2.75) is 31.8 Å². The number of halogens is 1. The lowest BCUT2D eigenvalue weighted by molar-refractivity contribution is 0.393. The monoisotopic (exact) mass is 314 g/mol. The summed E-state index contributed by atoms with van der Waals surface area (Å²) in [7, 11) is 0. The molecule has 1 aliphatic carbocycles. The second kappa shape index (κ2) is 5.39. The maximum Gasteiger partial charge on any atom is 0.0701 e. The Hall–Kier alpha value is 0.1000. The lowest BCUT2D eigenvalue weighted by atomic mass is 9.94. The topological polar surface area (TPSA) is 24.1 Å². The third-order valence-corrected chi connectivity index (χ3v) is 5.79. The fourth-order valence-electron chi connectivity index (χ4n) is 3.32. The minimum Gasteiger partial charge on any atom is -0.312 e. The summed E-state index contributed by atoms with van der Waals surface area (Å²) in [5.74, 6) is 1.91. The highest BCUT2D eigenvalue weighted by atomic mass is 79.9. The van der Waals surface area contributed by atoms with Crippen LogP contribution in [0.15, 0.2) is 15.9 Å². The summed E-state index contributed by atoms with van der Waals surface area (Å²) < 4.78 is 1.23. The summed E-state index contributed by atoms with van der Waals surface area (Å²) in [6.45, 7) is 3.38. The maximum absolute atomic E-state index is 3.68. The SMILES string of the molecule is Brc1ccc(CNCC2NCC3CCCC32)s1. The molecule has 0 radical (unpaired) electrons. The first-order valence-electron chi connectivity index (χ1n) is 6.51. The first-order chi connectivity index (χ1) is 8.33. The molecule has 1 aromatic rings. The lowest BCUT2D eigenvalue weighted by Crippen LogP contribution is -2.37. The molecule has 1 saturated carbocycles. The van der Waals surface area contributed by atoms with Crippen LogP contribution in [-0.4, -0.2) is 19.1 Å². The van der Waals surface area contributed by atoms with Crippen LogP contribution >= 0.6 is 27.3 Å². The molecule has 2 fully saturated rings. The van der Waals surface area contributed by atoms with Gasteiger partial charge in [-0.3, -0.25) is 0 Å². The van der Waals surface area contributed by atoms with Gasteiger partial charge in [0.15, 0.2) is 0 Å². The number of nitrogens with one attached hydrogen (secondary N) is 2. The lowest BCUT2D eigenvalue weighted by Gasteiger charge is -2.18. The average Bonchev–Trinajstić information content (AvgIpc) is 2.97. The molecule has 2 N–H and O–H groups in total. The van der Waals surface area contributed by atoms with E-state index in [2.05, 4.69) is 38.7 Å². The molecule has 1 aliphatic heterocycles. The number of hydrogen-bond donors (Lipinski definition) is 2. The van der Waals surface area contributed by atoms with Gasteiger partial charge in [0.05, 0.1) is 3.79 Å². The predicted octanol–water partition coefficient (Wildman–Crippen LogP) is 2.99. The Labute approximate surface area is 115 Å². The van der Waals surface area contributed by atoms with Crippen LogP contribution in [0.2, 0.25) is 0 Å². The standard InChI is InChI=1S/C13H19BrN2S/c14-13-5-4-10(17-13)7-15-8-12-11-3-1-2-9(11)6-16-12/h4-5,9,11-12,15-16H,1-3,6-8H2. The second-order valence-corrected chi connectivity index (χ2v) is 7.75. The molecule has 2 nitrogen and oxygen atoms in total.